The van der Waals surface area contributed by atoms with Crippen molar-refractivity contribution in [3.63, 3.8) is 0 Å². The monoisotopic (exact) mass is 1130 g/mol. The second kappa shape index (κ2) is 61.8. The molecule has 0 aliphatic rings. The third-order valence-corrected chi connectivity index (χ3v) is 13.7. The maximum atomic E-state index is 12.9. The number of allylic oxidation sites excluding steroid dienone is 20. The predicted octanol–water partition coefficient (Wildman–Crippen LogP) is 20.0. The standard InChI is InChI=1S/C72H121NO8/c1-6-8-10-12-14-16-18-20-22-24-26-28-30-32-34-35-37-39-41-43-45-47-49-51-53-55-57-59-61-63-70(75)81-68(67-80-72(71(76)77)78-65-64-73(3,4)5)66-79-69(74)62-60-58-56-54-52-50-48-46-44-42-40-38-36-33-31-29-27-25-23-21-19-17-15-13-11-9-7-2/h8,10,14,16,19-22,25-28,32,34,37,39,43,45,49,51,68,72H,6-7,9,11-13,15,17-18,23-24,29-31,33,35-36,38,40-42,44,46-48,50,52-67H2,1-5H3/p+1/b10-8-,16-14-,21-19-,22-20-,27-25-,28-26-,34-32-,39-37-,45-43-,51-49-. The molecule has 0 aromatic heterocycles. The molecule has 81 heavy (non-hydrogen) atoms. The lowest BCUT2D eigenvalue weighted by Gasteiger charge is -2.25. The lowest BCUT2D eigenvalue weighted by atomic mass is 10.0. The molecule has 0 saturated carbocycles. The summed E-state index contributed by atoms with van der Waals surface area (Å²) in [4.78, 5) is 37.6. The van der Waals surface area contributed by atoms with Crippen LogP contribution >= 0.6 is 0 Å². The minimum Gasteiger partial charge on any atom is -0.477 e. The minimum atomic E-state index is -1.53. The smallest absolute Gasteiger partial charge is 0.361 e. The molecule has 9 heteroatoms. The number of rotatable bonds is 59. The van der Waals surface area contributed by atoms with Gasteiger partial charge in [-0.25, -0.2) is 4.79 Å². The average Bonchev–Trinajstić information content (AvgIpc) is 3.44. The van der Waals surface area contributed by atoms with Crippen LogP contribution in [0.3, 0.4) is 0 Å². The predicted molar refractivity (Wildman–Crippen MR) is 345 cm³/mol. The van der Waals surface area contributed by atoms with Crippen molar-refractivity contribution < 1.29 is 42.9 Å². The van der Waals surface area contributed by atoms with Gasteiger partial charge in [0.1, 0.15) is 13.2 Å². The van der Waals surface area contributed by atoms with Crippen LogP contribution in [0.15, 0.2) is 122 Å². The fraction of sp³-hybridized carbons (Fsp3) is 0.681. The number of likely N-dealkylation sites (N-methyl/N-ethyl adjacent to an activating group) is 1. The second-order valence-corrected chi connectivity index (χ2v) is 22.7. The Labute approximate surface area is 497 Å². The summed E-state index contributed by atoms with van der Waals surface area (Å²) in [6.45, 7) is 4.73. The molecule has 0 heterocycles. The molecule has 1 N–H and O–H groups in total. The molecule has 0 aromatic carbocycles. The maximum absolute atomic E-state index is 12.9. The molecule has 0 aliphatic heterocycles. The summed E-state index contributed by atoms with van der Waals surface area (Å²) < 4.78 is 22.9. The van der Waals surface area contributed by atoms with Gasteiger partial charge in [0, 0.05) is 12.8 Å². The quantitative estimate of drug-likeness (QED) is 0.0211. The van der Waals surface area contributed by atoms with Crippen LogP contribution in [0.1, 0.15) is 258 Å². The van der Waals surface area contributed by atoms with Crippen LogP contribution < -0.4 is 0 Å². The molecule has 9 nitrogen and oxygen atoms in total. The largest absolute Gasteiger partial charge is 0.477 e. The van der Waals surface area contributed by atoms with E-state index in [1.54, 1.807) is 0 Å². The second-order valence-electron chi connectivity index (χ2n) is 22.7. The van der Waals surface area contributed by atoms with Gasteiger partial charge in [0.2, 0.25) is 0 Å². The molecule has 462 valence electrons. The highest BCUT2D eigenvalue weighted by Gasteiger charge is 2.25. The van der Waals surface area contributed by atoms with Crippen LogP contribution in [0, 0.1) is 0 Å². The Morgan fingerprint density at radius 1 is 0.383 bits per heavy atom. The molecule has 0 saturated heterocycles. The first kappa shape index (κ1) is 76.7. The Kier molecular flexibility index (Phi) is 58.5. The Hall–Kier alpha value is -4.31. The fourth-order valence-corrected chi connectivity index (χ4v) is 8.71. The van der Waals surface area contributed by atoms with Gasteiger partial charge in [-0.05, 0) is 109 Å². The SMILES string of the molecule is CC/C=C\C/C=C\C/C=C\C/C=C\C/C=C\C/C=C\C/C=C\C/C=C\CCCCCCC(=O)OC(COC(=O)CCCCCCCCCCCCCCCCC/C=C\C/C=C\CCCCCCC)COC(OCC[N+](C)(C)C)C(=O)O. The number of carboxylic acid groups (broad SMARTS) is 1. The van der Waals surface area contributed by atoms with E-state index < -0.39 is 24.3 Å². The molecule has 2 unspecified atom stereocenters. The number of carboxylic acids is 1. The zero-order valence-electron chi connectivity index (χ0n) is 52.7. The molecule has 0 aromatic rings. The lowest BCUT2D eigenvalue weighted by Crippen LogP contribution is -2.40. The Bertz CT molecular complexity index is 1740. The van der Waals surface area contributed by atoms with E-state index in [0.29, 0.717) is 23.9 Å². The van der Waals surface area contributed by atoms with Gasteiger partial charge >= 0.3 is 17.9 Å². The molecule has 0 fully saturated rings. The lowest BCUT2D eigenvalue weighted by molar-refractivity contribution is -0.870. The van der Waals surface area contributed by atoms with Crippen LogP contribution in [0.25, 0.3) is 0 Å². The highest BCUT2D eigenvalue weighted by atomic mass is 16.7. The van der Waals surface area contributed by atoms with Crippen molar-refractivity contribution in [1.29, 1.82) is 0 Å². The third kappa shape index (κ3) is 63.1. The Morgan fingerprint density at radius 2 is 0.704 bits per heavy atom. The first-order valence-corrected chi connectivity index (χ1v) is 32.7. The van der Waals surface area contributed by atoms with E-state index in [9.17, 15) is 19.5 Å². The number of quaternary nitrogens is 1. The zero-order chi connectivity index (χ0) is 59.1. The number of nitrogens with zero attached hydrogens (tertiary/aromatic N) is 1. The number of hydrogen-bond donors (Lipinski definition) is 1. The molecule has 0 spiro atoms. The molecule has 0 aliphatic carbocycles. The number of esters is 2. The van der Waals surface area contributed by atoms with Gasteiger partial charge in [0.25, 0.3) is 6.29 Å². The van der Waals surface area contributed by atoms with Crippen LogP contribution in [0.2, 0.25) is 0 Å². The van der Waals surface area contributed by atoms with Gasteiger partial charge in [0.15, 0.2) is 6.10 Å². The van der Waals surface area contributed by atoms with E-state index in [4.69, 9.17) is 18.9 Å². The summed E-state index contributed by atoms with van der Waals surface area (Å²) in [5.41, 5.74) is 0. The summed E-state index contributed by atoms with van der Waals surface area (Å²) in [6, 6.07) is 0. The van der Waals surface area contributed by atoms with Gasteiger partial charge in [-0.2, -0.15) is 0 Å². The van der Waals surface area contributed by atoms with Crippen molar-refractivity contribution in [2.24, 2.45) is 0 Å². The minimum absolute atomic E-state index is 0.176. The Balaban J connectivity index is 4.26. The summed E-state index contributed by atoms with van der Waals surface area (Å²) in [5.74, 6) is -2.05. The molecule has 0 amide bonds. The van der Waals surface area contributed by atoms with E-state index in [0.717, 1.165) is 103 Å². The highest BCUT2D eigenvalue weighted by molar-refractivity contribution is 5.71. The molecule has 2 atom stereocenters. The van der Waals surface area contributed by atoms with E-state index >= 15 is 0 Å². The third-order valence-electron chi connectivity index (χ3n) is 13.7. The van der Waals surface area contributed by atoms with Gasteiger partial charge in [-0.3, -0.25) is 9.59 Å². The van der Waals surface area contributed by atoms with E-state index in [1.807, 2.05) is 21.1 Å². The van der Waals surface area contributed by atoms with Gasteiger partial charge in [0.05, 0.1) is 34.4 Å². The first-order chi connectivity index (χ1) is 39.6. The van der Waals surface area contributed by atoms with Gasteiger partial charge in [-0.15, -0.1) is 0 Å². The maximum Gasteiger partial charge on any atom is 0.361 e. The van der Waals surface area contributed by atoms with Crippen molar-refractivity contribution in [1.82, 2.24) is 0 Å². The van der Waals surface area contributed by atoms with E-state index in [-0.39, 0.29) is 32.2 Å². The molecule has 0 rings (SSSR count). The van der Waals surface area contributed by atoms with E-state index in [2.05, 4.69) is 135 Å². The number of carbonyl (C=O) groups excluding carboxylic acids is 2. The van der Waals surface area contributed by atoms with Crippen molar-refractivity contribution >= 4 is 17.9 Å². The number of carbonyl (C=O) groups is 3. The average molecular weight is 1130 g/mol. The van der Waals surface area contributed by atoms with Crippen LogP contribution in [0.4, 0.5) is 0 Å². The molecular formula is C72H122NO8+. The van der Waals surface area contributed by atoms with Crippen molar-refractivity contribution in [3.8, 4) is 0 Å². The highest BCUT2D eigenvalue weighted by Crippen LogP contribution is 2.16. The van der Waals surface area contributed by atoms with Crippen molar-refractivity contribution in [3.05, 3.63) is 122 Å². The summed E-state index contributed by atoms with van der Waals surface area (Å²) in [7, 11) is 5.96. The zero-order valence-corrected chi connectivity index (χ0v) is 52.7. The van der Waals surface area contributed by atoms with E-state index in [1.165, 1.54) is 122 Å². The summed E-state index contributed by atoms with van der Waals surface area (Å²) in [6.07, 6.45) is 84.3. The number of ether oxygens (including phenoxy) is 4. The molecule has 0 bridgehead atoms. The number of aliphatic carboxylic acids is 1. The first-order valence-electron chi connectivity index (χ1n) is 32.7. The van der Waals surface area contributed by atoms with Crippen molar-refractivity contribution in [2.75, 3.05) is 47.5 Å². The molecular weight excluding hydrogens is 1010 g/mol. The number of unbranched alkanes of at least 4 members (excludes halogenated alkanes) is 24. The van der Waals surface area contributed by atoms with Crippen LogP contribution in [0.5, 0.6) is 0 Å². The topological polar surface area (TPSA) is 108 Å². The molecule has 0 radical (unpaired) electrons. The summed E-state index contributed by atoms with van der Waals surface area (Å²) >= 11 is 0. The van der Waals surface area contributed by atoms with Gasteiger partial charge < -0.3 is 28.5 Å². The normalized spacial score (nSPS) is 13.5. The summed E-state index contributed by atoms with van der Waals surface area (Å²) in [5, 5.41) is 9.73. The van der Waals surface area contributed by atoms with Crippen molar-refractivity contribution in [2.45, 2.75) is 270 Å². The fourth-order valence-electron chi connectivity index (χ4n) is 8.71. The number of hydrogen-bond acceptors (Lipinski definition) is 7. The Morgan fingerprint density at radius 3 is 1.05 bits per heavy atom. The van der Waals surface area contributed by atoms with Crippen LogP contribution in [-0.2, 0) is 33.3 Å². The van der Waals surface area contributed by atoms with Crippen LogP contribution in [-0.4, -0.2) is 87.4 Å². The van der Waals surface area contributed by atoms with Gasteiger partial charge in [-0.1, -0.05) is 257 Å².